The minimum Gasteiger partial charge on any atom is -0.486 e. The Balaban J connectivity index is 1.31. The summed E-state index contributed by atoms with van der Waals surface area (Å²) in [6, 6.07) is 8.30. The Morgan fingerprint density at radius 3 is 2.59 bits per heavy atom. The number of ether oxygens (including phenoxy) is 2. The standard InChI is InChI=1S/C22H23ClF3N3O3/c1-28(12-16-13-31-18-4-2-3-5-19(18)32-16)21(30)14-6-8-29(9-7-14)20-17(23)10-15(11-27-20)22(24,25)26/h2-5,10-11,14,16H,6-9,12-13H2,1H3. The molecule has 1 aromatic heterocycles. The van der Waals surface area contributed by atoms with Crippen LogP contribution in [0.3, 0.4) is 0 Å². The molecule has 3 heterocycles. The Bertz CT molecular complexity index is 980. The summed E-state index contributed by atoms with van der Waals surface area (Å²) < 4.78 is 50.1. The fourth-order valence-electron chi connectivity index (χ4n) is 4.02. The molecular formula is C22H23ClF3N3O3. The molecule has 0 N–H and O–H groups in total. The molecule has 0 aliphatic carbocycles. The molecule has 2 aromatic rings. The second-order valence-corrected chi connectivity index (χ2v) is 8.41. The molecule has 1 atom stereocenters. The molecule has 1 unspecified atom stereocenters. The van der Waals surface area contributed by atoms with Crippen LogP contribution in [0.15, 0.2) is 36.5 Å². The number of alkyl halides is 3. The SMILES string of the molecule is CN(CC1COc2ccccc2O1)C(=O)C1CCN(c2ncc(C(F)(F)F)cc2Cl)CC1. The molecule has 0 spiro atoms. The number of likely N-dealkylation sites (N-methyl/N-ethyl adjacent to an activating group) is 1. The van der Waals surface area contributed by atoms with E-state index in [0.717, 1.165) is 12.3 Å². The van der Waals surface area contributed by atoms with Gasteiger partial charge in [-0.3, -0.25) is 4.79 Å². The van der Waals surface area contributed by atoms with Crippen LogP contribution >= 0.6 is 11.6 Å². The Kier molecular flexibility index (Phi) is 6.37. The van der Waals surface area contributed by atoms with E-state index in [1.807, 2.05) is 29.2 Å². The van der Waals surface area contributed by atoms with Crippen LogP contribution in [0.2, 0.25) is 5.02 Å². The number of para-hydroxylation sites is 2. The van der Waals surface area contributed by atoms with Crippen molar-refractivity contribution in [2.45, 2.75) is 25.1 Å². The number of anilines is 1. The number of benzene rings is 1. The molecule has 1 aromatic carbocycles. The van der Waals surface area contributed by atoms with E-state index in [9.17, 15) is 18.0 Å². The highest BCUT2D eigenvalue weighted by Gasteiger charge is 2.34. The van der Waals surface area contributed by atoms with Gasteiger partial charge in [0.2, 0.25) is 5.91 Å². The first-order chi connectivity index (χ1) is 15.2. The quantitative estimate of drug-likeness (QED) is 0.669. The van der Waals surface area contributed by atoms with Crippen LogP contribution in [0.25, 0.3) is 0 Å². The zero-order valence-corrected chi connectivity index (χ0v) is 18.2. The molecule has 0 radical (unpaired) electrons. The minimum atomic E-state index is -4.49. The average Bonchev–Trinajstić information content (AvgIpc) is 2.78. The van der Waals surface area contributed by atoms with Gasteiger partial charge in [0.25, 0.3) is 0 Å². The van der Waals surface area contributed by atoms with Gasteiger partial charge < -0.3 is 19.3 Å². The van der Waals surface area contributed by atoms with E-state index in [2.05, 4.69) is 4.98 Å². The lowest BCUT2D eigenvalue weighted by molar-refractivity contribution is -0.138. The third-order valence-corrected chi connectivity index (χ3v) is 5.99. The lowest BCUT2D eigenvalue weighted by Crippen LogP contribution is -2.46. The first-order valence-corrected chi connectivity index (χ1v) is 10.7. The number of nitrogens with zero attached hydrogens (tertiary/aromatic N) is 3. The summed E-state index contributed by atoms with van der Waals surface area (Å²) in [5.41, 5.74) is -0.880. The summed E-state index contributed by atoms with van der Waals surface area (Å²) in [6.07, 6.45) is -2.83. The van der Waals surface area contributed by atoms with Gasteiger partial charge in [0.1, 0.15) is 12.4 Å². The number of piperidine rings is 1. The van der Waals surface area contributed by atoms with Crippen molar-refractivity contribution >= 4 is 23.3 Å². The Labute approximate surface area is 188 Å². The van der Waals surface area contributed by atoms with Gasteiger partial charge in [-0.25, -0.2) is 4.98 Å². The number of hydrogen-bond donors (Lipinski definition) is 0. The maximum absolute atomic E-state index is 12.9. The third-order valence-electron chi connectivity index (χ3n) is 5.71. The lowest BCUT2D eigenvalue weighted by Gasteiger charge is -2.35. The third kappa shape index (κ3) is 4.87. The largest absolute Gasteiger partial charge is 0.486 e. The second-order valence-electron chi connectivity index (χ2n) is 8.00. The van der Waals surface area contributed by atoms with Gasteiger partial charge in [-0.1, -0.05) is 23.7 Å². The van der Waals surface area contributed by atoms with Gasteiger partial charge in [-0.2, -0.15) is 13.2 Å². The molecular weight excluding hydrogens is 447 g/mol. The fourth-order valence-corrected chi connectivity index (χ4v) is 4.30. The minimum absolute atomic E-state index is 0.0126. The van der Waals surface area contributed by atoms with Gasteiger partial charge in [0, 0.05) is 32.3 Å². The molecule has 32 heavy (non-hydrogen) atoms. The Hall–Kier alpha value is -2.68. The molecule has 1 saturated heterocycles. The van der Waals surface area contributed by atoms with E-state index >= 15 is 0 Å². The number of rotatable bonds is 4. The fraction of sp³-hybridized carbons (Fsp3) is 0.455. The summed E-state index contributed by atoms with van der Waals surface area (Å²) in [5.74, 6) is 1.50. The molecule has 0 bridgehead atoms. The number of halogens is 4. The van der Waals surface area contributed by atoms with Crippen LogP contribution in [-0.4, -0.2) is 55.2 Å². The summed E-state index contributed by atoms with van der Waals surface area (Å²) in [5, 5.41) is -0.0450. The smallest absolute Gasteiger partial charge is 0.417 e. The van der Waals surface area contributed by atoms with Gasteiger partial charge in [0.15, 0.2) is 17.6 Å². The van der Waals surface area contributed by atoms with E-state index in [1.165, 1.54) is 0 Å². The average molecular weight is 470 g/mol. The van der Waals surface area contributed by atoms with Gasteiger partial charge in [0.05, 0.1) is 17.1 Å². The van der Waals surface area contributed by atoms with Crippen LogP contribution < -0.4 is 14.4 Å². The maximum atomic E-state index is 12.9. The van der Waals surface area contributed by atoms with Crippen LogP contribution in [0.1, 0.15) is 18.4 Å². The predicted molar refractivity (Wildman–Crippen MR) is 113 cm³/mol. The molecule has 1 fully saturated rings. The molecule has 172 valence electrons. The number of aromatic nitrogens is 1. The van der Waals surface area contributed by atoms with Gasteiger partial charge >= 0.3 is 6.18 Å². The molecule has 0 saturated carbocycles. The van der Waals surface area contributed by atoms with Crippen molar-refractivity contribution in [3.63, 3.8) is 0 Å². The predicted octanol–water partition coefficient (Wildman–Crippen LogP) is 4.27. The molecule has 2 aliphatic heterocycles. The summed E-state index contributed by atoms with van der Waals surface area (Å²) in [4.78, 5) is 20.3. The molecule has 2 aliphatic rings. The normalized spacial score (nSPS) is 19.0. The van der Waals surface area contributed by atoms with Crippen LogP contribution in [-0.2, 0) is 11.0 Å². The van der Waals surface area contributed by atoms with Crippen molar-refractivity contribution in [3.8, 4) is 11.5 Å². The van der Waals surface area contributed by atoms with Crippen molar-refractivity contribution in [2.75, 3.05) is 38.2 Å². The number of fused-ring (bicyclic) bond motifs is 1. The zero-order chi connectivity index (χ0) is 22.9. The summed E-state index contributed by atoms with van der Waals surface area (Å²) in [7, 11) is 1.74. The summed E-state index contributed by atoms with van der Waals surface area (Å²) in [6.45, 7) is 1.74. The van der Waals surface area contributed by atoms with Crippen LogP contribution in [0.5, 0.6) is 11.5 Å². The molecule has 6 nitrogen and oxygen atoms in total. The first-order valence-electron chi connectivity index (χ1n) is 10.3. The van der Waals surface area contributed by atoms with Crippen LogP contribution in [0, 0.1) is 5.92 Å². The second kappa shape index (κ2) is 9.05. The number of amides is 1. The van der Waals surface area contributed by atoms with E-state index in [1.54, 1.807) is 11.9 Å². The number of hydrogen-bond acceptors (Lipinski definition) is 5. The highest BCUT2D eigenvalue weighted by atomic mass is 35.5. The van der Waals surface area contributed by atoms with Crippen molar-refractivity contribution in [3.05, 3.63) is 47.1 Å². The Morgan fingerprint density at radius 2 is 1.94 bits per heavy atom. The summed E-state index contributed by atoms with van der Waals surface area (Å²) >= 11 is 6.06. The van der Waals surface area contributed by atoms with Crippen LogP contribution in [0.4, 0.5) is 19.0 Å². The lowest BCUT2D eigenvalue weighted by atomic mass is 9.95. The highest BCUT2D eigenvalue weighted by molar-refractivity contribution is 6.33. The molecule has 4 rings (SSSR count). The van der Waals surface area contributed by atoms with E-state index < -0.39 is 11.7 Å². The maximum Gasteiger partial charge on any atom is 0.417 e. The van der Waals surface area contributed by atoms with Crippen molar-refractivity contribution in [2.24, 2.45) is 5.92 Å². The monoisotopic (exact) mass is 469 g/mol. The van der Waals surface area contributed by atoms with E-state index in [-0.39, 0.29) is 23.0 Å². The number of carbonyl (C=O) groups excluding carboxylic acids is 1. The van der Waals surface area contributed by atoms with Crippen molar-refractivity contribution < 1.29 is 27.4 Å². The topological polar surface area (TPSA) is 54.9 Å². The number of pyridine rings is 1. The Morgan fingerprint density at radius 1 is 1.25 bits per heavy atom. The van der Waals surface area contributed by atoms with Crippen molar-refractivity contribution in [1.82, 2.24) is 9.88 Å². The van der Waals surface area contributed by atoms with Crippen molar-refractivity contribution in [1.29, 1.82) is 0 Å². The zero-order valence-electron chi connectivity index (χ0n) is 17.4. The van der Waals surface area contributed by atoms with E-state index in [4.69, 9.17) is 21.1 Å². The first kappa shape index (κ1) is 22.5. The highest BCUT2D eigenvalue weighted by Crippen LogP contribution is 2.35. The number of carbonyl (C=O) groups is 1. The van der Waals surface area contributed by atoms with E-state index in [0.29, 0.717) is 56.4 Å². The molecule has 1 amide bonds. The van der Waals surface area contributed by atoms with Gasteiger partial charge in [-0.15, -0.1) is 0 Å². The van der Waals surface area contributed by atoms with Gasteiger partial charge in [-0.05, 0) is 31.0 Å². The molecule has 10 heteroatoms.